The first-order valence-electron chi connectivity index (χ1n) is 5.58. The number of likely N-dealkylation sites (N-methyl/N-ethyl adjacent to an activating group) is 2. The molecule has 0 saturated heterocycles. The van der Waals surface area contributed by atoms with E-state index in [1.165, 1.54) is 23.8 Å². The molecule has 0 saturated carbocycles. The zero-order valence-electron chi connectivity index (χ0n) is 11.8. The third-order valence-corrected chi connectivity index (χ3v) is 2.67. The van der Waals surface area contributed by atoms with Crippen molar-refractivity contribution in [1.82, 2.24) is 9.80 Å². The molecule has 0 bridgehead atoms. The van der Waals surface area contributed by atoms with Crippen LogP contribution in [-0.2, 0) is 9.59 Å². The van der Waals surface area contributed by atoms with E-state index in [0.717, 1.165) is 0 Å². The first-order valence-corrected chi connectivity index (χ1v) is 5.58. The SMILES string of the molecule is CC(C)N(C)C(=O)CN(C)C(=O)[C@@H]([NH-])[C@@H](C)O.[Rf]. The standard InChI is InChI=1S/C11H22N3O3.Rf/c1-7(2)14(5)9(16)6-13(4)11(17)10(12)8(3)15;/h7-8,10,12,15H,6H2,1-5H3;/q-1;/t8-,10+;/m1./s1. The Morgan fingerprint density at radius 2 is 1.67 bits per heavy atom. The number of nitrogens with zero attached hydrogens (tertiary/aromatic N) is 2. The van der Waals surface area contributed by atoms with Crippen LogP contribution in [0, 0.1) is 0 Å². The monoisotopic (exact) mass is 511 g/mol. The summed E-state index contributed by atoms with van der Waals surface area (Å²) >= 11 is 0. The van der Waals surface area contributed by atoms with Crippen molar-refractivity contribution in [3.05, 3.63) is 5.73 Å². The zero-order chi connectivity index (χ0) is 13.7. The van der Waals surface area contributed by atoms with Gasteiger partial charge in [0.15, 0.2) is 0 Å². The molecule has 0 aliphatic rings. The summed E-state index contributed by atoms with van der Waals surface area (Å²) in [5.74, 6) is -0.737. The fourth-order valence-electron chi connectivity index (χ4n) is 1.12. The van der Waals surface area contributed by atoms with E-state index < -0.39 is 18.1 Å². The summed E-state index contributed by atoms with van der Waals surface area (Å²) in [5.41, 5.74) is 7.43. The number of nitrogens with one attached hydrogen (secondary N) is 1. The van der Waals surface area contributed by atoms with Crippen molar-refractivity contribution in [2.24, 2.45) is 0 Å². The van der Waals surface area contributed by atoms with Crippen molar-refractivity contribution in [1.29, 1.82) is 0 Å². The predicted octanol–water partition coefficient (Wildman–Crippen LogP) is 0.113. The van der Waals surface area contributed by atoms with Gasteiger partial charge in [0.05, 0.1) is 6.54 Å². The third kappa shape index (κ3) is 4.80. The van der Waals surface area contributed by atoms with Gasteiger partial charge in [0.2, 0.25) is 11.8 Å². The maximum atomic E-state index is 11.7. The molecule has 0 aromatic heterocycles. The van der Waals surface area contributed by atoms with Gasteiger partial charge in [-0.2, -0.15) is 0 Å². The zero-order valence-corrected chi connectivity index (χ0v) is 18.2. The first kappa shape index (κ1) is 18.2. The molecule has 102 valence electrons. The average Bonchev–Trinajstić information content (AvgIpc) is 2.25. The minimum Gasteiger partial charge on any atom is -0.665 e. The number of hydrogen-bond donors (Lipinski definition) is 1. The van der Waals surface area contributed by atoms with Crippen LogP contribution in [0.5, 0.6) is 0 Å². The number of hydrogen-bond acceptors (Lipinski definition) is 3. The van der Waals surface area contributed by atoms with Crippen LogP contribution in [0.3, 0.4) is 0 Å². The number of aliphatic hydroxyl groups excluding tert-OH is 1. The Hall–Kier alpha value is -2.14. The van der Waals surface area contributed by atoms with Gasteiger partial charge in [0.25, 0.3) is 0 Å². The number of rotatable bonds is 5. The fraction of sp³-hybridized carbons (Fsp3) is 0.818. The molecular weight excluding hydrogens is 489 g/mol. The first-order chi connectivity index (χ1) is 7.68. The van der Waals surface area contributed by atoms with Crippen LogP contribution in [-0.4, -0.2) is 65.5 Å². The molecule has 0 radical (unpaired) electrons. The van der Waals surface area contributed by atoms with E-state index in [-0.39, 0.29) is 18.5 Å². The molecule has 7 heteroatoms. The molecule has 0 heterocycles. The van der Waals surface area contributed by atoms with Crippen LogP contribution in [0.1, 0.15) is 20.8 Å². The summed E-state index contributed by atoms with van der Waals surface area (Å²) in [6.07, 6.45) is -1.04. The predicted molar refractivity (Wildman–Crippen MR) is 65.3 cm³/mol. The largest absolute Gasteiger partial charge is 0.665 e. The van der Waals surface area contributed by atoms with Gasteiger partial charge < -0.3 is 20.6 Å². The van der Waals surface area contributed by atoms with Crippen LogP contribution in [0.2, 0.25) is 0 Å². The molecule has 6 nitrogen and oxygen atoms in total. The van der Waals surface area contributed by atoms with E-state index in [1.807, 2.05) is 13.8 Å². The van der Waals surface area contributed by atoms with Gasteiger partial charge in [-0.15, -0.1) is 0 Å². The minimum atomic E-state index is -1.24. The van der Waals surface area contributed by atoms with E-state index in [2.05, 4.69) is 0 Å². The maximum Gasteiger partial charge on any atom is 0.242 e. The summed E-state index contributed by atoms with van der Waals surface area (Å²) in [4.78, 5) is 26.0. The van der Waals surface area contributed by atoms with Gasteiger partial charge in [-0.05, 0) is 26.8 Å². The van der Waals surface area contributed by atoms with Crippen molar-refractivity contribution in [2.45, 2.75) is 39.0 Å². The molecular formula is C11H22N3O3Rf-. The molecule has 2 N–H and O–H groups in total. The summed E-state index contributed by atoms with van der Waals surface area (Å²) in [7, 11) is 3.12. The van der Waals surface area contributed by atoms with E-state index in [4.69, 9.17) is 10.8 Å². The van der Waals surface area contributed by atoms with Crippen LogP contribution >= 0.6 is 0 Å². The van der Waals surface area contributed by atoms with Crippen LogP contribution in [0.15, 0.2) is 0 Å². The second kappa shape index (κ2) is 7.24. The molecule has 0 aromatic rings. The quantitative estimate of drug-likeness (QED) is 0.569. The van der Waals surface area contributed by atoms with E-state index in [0.29, 0.717) is 0 Å². The van der Waals surface area contributed by atoms with Gasteiger partial charge in [-0.25, -0.2) is 0 Å². The molecule has 0 fully saturated rings. The molecule has 0 rings (SSSR count). The van der Waals surface area contributed by atoms with E-state index in [1.54, 1.807) is 7.05 Å². The average molecular weight is 511 g/mol. The van der Waals surface area contributed by atoms with Crippen molar-refractivity contribution >= 4 is 11.8 Å². The topological polar surface area (TPSA) is 84.7 Å². The number of carbonyl (C=O) groups excluding carboxylic acids is 2. The Kier molecular flexibility index (Phi) is 7.33. The Morgan fingerprint density at radius 3 is 2.00 bits per heavy atom. The molecule has 0 aromatic carbocycles. The summed E-state index contributed by atoms with van der Waals surface area (Å²) in [6, 6.07) is -1.17. The minimum absolute atomic E-state index is 0. The molecule has 0 spiro atoms. The Labute approximate surface area is 102 Å². The van der Waals surface area contributed by atoms with Crippen LogP contribution < -0.4 is 0 Å². The third-order valence-electron chi connectivity index (χ3n) is 2.67. The summed E-state index contributed by atoms with van der Waals surface area (Å²) in [6.45, 7) is 5.06. The Bertz CT molecular complexity index is 285. The normalized spacial score (nSPS) is 13.6. The molecule has 2 atom stereocenters. The second-order valence-electron chi connectivity index (χ2n) is 4.51. The van der Waals surface area contributed by atoms with Crippen molar-refractivity contribution in [3.63, 3.8) is 0 Å². The Morgan fingerprint density at radius 1 is 1.22 bits per heavy atom. The molecule has 18 heavy (non-hydrogen) atoms. The van der Waals surface area contributed by atoms with E-state index >= 15 is 0 Å². The smallest absolute Gasteiger partial charge is 0.242 e. The van der Waals surface area contributed by atoms with Crippen molar-refractivity contribution < 1.29 is 14.7 Å². The molecule has 0 aliphatic heterocycles. The van der Waals surface area contributed by atoms with Crippen molar-refractivity contribution in [2.75, 3.05) is 20.6 Å². The van der Waals surface area contributed by atoms with Gasteiger partial charge in [0.1, 0.15) is 0 Å². The van der Waals surface area contributed by atoms with E-state index in [9.17, 15) is 9.59 Å². The number of carbonyl (C=O) groups is 2. The summed E-state index contributed by atoms with van der Waals surface area (Å²) in [5, 5.41) is 9.14. The molecule has 0 aliphatic carbocycles. The maximum absolute atomic E-state index is 11.7. The number of aliphatic hydroxyl groups is 1. The summed E-state index contributed by atoms with van der Waals surface area (Å²) < 4.78 is 0. The number of amides is 2. The van der Waals surface area contributed by atoms with Gasteiger partial charge in [-0.1, -0.05) is 0 Å². The fourth-order valence-corrected chi connectivity index (χ4v) is 1.12. The molecule has 0 unspecified atom stereocenters. The van der Waals surface area contributed by atoms with Crippen molar-refractivity contribution in [3.8, 4) is 0 Å². The van der Waals surface area contributed by atoms with Gasteiger partial charge in [0, 0.05) is 26.2 Å². The van der Waals surface area contributed by atoms with Gasteiger partial charge >= 0.3 is 0 Å². The Balaban J connectivity index is 0. The second-order valence-corrected chi connectivity index (χ2v) is 4.51. The van der Waals surface area contributed by atoms with Crippen LogP contribution in [0.4, 0.5) is 0 Å². The van der Waals surface area contributed by atoms with Crippen LogP contribution in [0.25, 0.3) is 5.73 Å². The molecule has 2 amide bonds. The van der Waals surface area contributed by atoms with Gasteiger partial charge in [-0.3, -0.25) is 9.59 Å².